The lowest BCUT2D eigenvalue weighted by molar-refractivity contribution is 0.289. The Balaban J connectivity index is 1.74. The third kappa shape index (κ3) is 3.13. The molecule has 1 aliphatic carbocycles. The number of hydrogen-bond acceptors (Lipinski definition) is 4. The summed E-state index contributed by atoms with van der Waals surface area (Å²) >= 11 is 0. The minimum Gasteiger partial charge on any atom is -0.369 e. The largest absolute Gasteiger partial charge is 0.369 e. The van der Waals surface area contributed by atoms with Crippen LogP contribution in [0.25, 0.3) is 0 Å². The first-order valence-corrected chi connectivity index (χ1v) is 5.75. The van der Waals surface area contributed by atoms with Crippen molar-refractivity contribution >= 4 is 5.82 Å². The SMILES string of the molecule is CCN(CCNc1cc(F)ncn1)C1CC1. The van der Waals surface area contributed by atoms with E-state index in [0.717, 1.165) is 25.7 Å². The molecular formula is C11H17FN4. The quantitative estimate of drug-likeness (QED) is 0.744. The summed E-state index contributed by atoms with van der Waals surface area (Å²) in [6, 6.07) is 2.09. The van der Waals surface area contributed by atoms with Gasteiger partial charge in [-0.1, -0.05) is 6.92 Å². The van der Waals surface area contributed by atoms with Gasteiger partial charge in [0.15, 0.2) is 0 Å². The molecule has 1 fully saturated rings. The second-order valence-corrected chi connectivity index (χ2v) is 4.01. The van der Waals surface area contributed by atoms with Crippen LogP contribution in [0.2, 0.25) is 0 Å². The van der Waals surface area contributed by atoms with E-state index in [1.54, 1.807) is 0 Å². The van der Waals surface area contributed by atoms with Crippen LogP contribution in [0, 0.1) is 5.95 Å². The molecule has 0 saturated heterocycles. The van der Waals surface area contributed by atoms with Gasteiger partial charge in [0.25, 0.3) is 0 Å². The van der Waals surface area contributed by atoms with Crippen molar-refractivity contribution < 1.29 is 4.39 Å². The molecule has 1 aromatic rings. The van der Waals surface area contributed by atoms with E-state index in [1.807, 2.05) is 0 Å². The van der Waals surface area contributed by atoms with E-state index in [0.29, 0.717) is 5.82 Å². The van der Waals surface area contributed by atoms with Gasteiger partial charge in [0.2, 0.25) is 5.95 Å². The maximum absolute atomic E-state index is 12.8. The molecule has 2 rings (SSSR count). The zero-order valence-electron chi connectivity index (χ0n) is 9.49. The predicted octanol–water partition coefficient (Wildman–Crippen LogP) is 1.51. The Morgan fingerprint density at radius 2 is 2.31 bits per heavy atom. The van der Waals surface area contributed by atoms with E-state index in [-0.39, 0.29) is 0 Å². The van der Waals surface area contributed by atoms with Crippen LogP contribution in [0.1, 0.15) is 19.8 Å². The summed E-state index contributed by atoms with van der Waals surface area (Å²) < 4.78 is 12.8. The topological polar surface area (TPSA) is 41.0 Å². The van der Waals surface area contributed by atoms with E-state index >= 15 is 0 Å². The Hall–Kier alpha value is -1.23. The van der Waals surface area contributed by atoms with Crippen molar-refractivity contribution in [2.24, 2.45) is 0 Å². The highest BCUT2D eigenvalue weighted by Gasteiger charge is 2.27. The van der Waals surface area contributed by atoms with E-state index in [1.165, 1.54) is 25.2 Å². The van der Waals surface area contributed by atoms with E-state index in [9.17, 15) is 4.39 Å². The number of likely N-dealkylation sites (N-methyl/N-ethyl adjacent to an activating group) is 1. The van der Waals surface area contributed by atoms with Crippen molar-refractivity contribution in [3.8, 4) is 0 Å². The normalized spacial score (nSPS) is 15.4. The molecule has 0 radical (unpaired) electrons. The number of nitrogens with one attached hydrogen (secondary N) is 1. The monoisotopic (exact) mass is 224 g/mol. The molecule has 1 aromatic heterocycles. The highest BCUT2D eigenvalue weighted by molar-refractivity contribution is 5.31. The van der Waals surface area contributed by atoms with Gasteiger partial charge in [0, 0.05) is 25.2 Å². The smallest absolute Gasteiger partial charge is 0.217 e. The van der Waals surface area contributed by atoms with Gasteiger partial charge in [-0.25, -0.2) is 9.97 Å². The molecule has 88 valence electrons. The number of halogens is 1. The summed E-state index contributed by atoms with van der Waals surface area (Å²) in [5, 5.41) is 3.10. The van der Waals surface area contributed by atoms with Crippen LogP contribution in [0.4, 0.5) is 10.2 Å². The van der Waals surface area contributed by atoms with Crippen molar-refractivity contribution in [1.82, 2.24) is 14.9 Å². The summed E-state index contributed by atoms with van der Waals surface area (Å²) in [7, 11) is 0. The molecule has 0 spiro atoms. The molecule has 16 heavy (non-hydrogen) atoms. The second-order valence-electron chi connectivity index (χ2n) is 4.01. The maximum Gasteiger partial charge on any atom is 0.217 e. The molecule has 0 unspecified atom stereocenters. The van der Waals surface area contributed by atoms with Crippen LogP contribution in [0.15, 0.2) is 12.4 Å². The van der Waals surface area contributed by atoms with Gasteiger partial charge < -0.3 is 5.32 Å². The molecule has 0 amide bonds. The number of aromatic nitrogens is 2. The molecule has 1 aliphatic rings. The van der Waals surface area contributed by atoms with Gasteiger partial charge in [-0.15, -0.1) is 0 Å². The van der Waals surface area contributed by atoms with Gasteiger partial charge in [-0.2, -0.15) is 4.39 Å². The molecule has 1 saturated carbocycles. The zero-order valence-corrected chi connectivity index (χ0v) is 9.49. The predicted molar refractivity (Wildman–Crippen MR) is 60.7 cm³/mol. The van der Waals surface area contributed by atoms with Crippen molar-refractivity contribution in [1.29, 1.82) is 0 Å². The fraction of sp³-hybridized carbons (Fsp3) is 0.636. The molecule has 4 nitrogen and oxygen atoms in total. The summed E-state index contributed by atoms with van der Waals surface area (Å²) in [6.07, 6.45) is 3.86. The molecule has 0 atom stereocenters. The summed E-state index contributed by atoms with van der Waals surface area (Å²) in [5.74, 6) is 0.0615. The minimum atomic E-state index is -0.493. The first kappa shape index (κ1) is 11.3. The Kier molecular flexibility index (Phi) is 3.66. The van der Waals surface area contributed by atoms with Gasteiger partial charge in [0.05, 0.1) is 0 Å². The van der Waals surface area contributed by atoms with Crippen molar-refractivity contribution in [3.05, 3.63) is 18.3 Å². The summed E-state index contributed by atoms with van der Waals surface area (Å²) in [4.78, 5) is 9.79. The van der Waals surface area contributed by atoms with Crippen LogP contribution in [-0.4, -0.2) is 40.5 Å². The van der Waals surface area contributed by atoms with Crippen LogP contribution in [0.5, 0.6) is 0 Å². The number of hydrogen-bond donors (Lipinski definition) is 1. The van der Waals surface area contributed by atoms with E-state index in [4.69, 9.17) is 0 Å². The molecular weight excluding hydrogens is 207 g/mol. The highest BCUT2D eigenvalue weighted by Crippen LogP contribution is 2.25. The third-order valence-electron chi connectivity index (χ3n) is 2.81. The maximum atomic E-state index is 12.8. The lowest BCUT2D eigenvalue weighted by Crippen LogP contribution is -2.31. The van der Waals surface area contributed by atoms with E-state index < -0.39 is 5.95 Å². The zero-order chi connectivity index (χ0) is 11.4. The number of rotatable bonds is 6. The lowest BCUT2D eigenvalue weighted by Gasteiger charge is -2.19. The van der Waals surface area contributed by atoms with Crippen LogP contribution in [0.3, 0.4) is 0 Å². The Bertz CT molecular complexity index is 341. The van der Waals surface area contributed by atoms with Crippen LogP contribution >= 0.6 is 0 Å². The highest BCUT2D eigenvalue weighted by atomic mass is 19.1. The first-order valence-electron chi connectivity index (χ1n) is 5.75. The summed E-state index contributed by atoms with van der Waals surface area (Å²) in [6.45, 7) is 5.01. The van der Waals surface area contributed by atoms with Crippen molar-refractivity contribution in [3.63, 3.8) is 0 Å². The van der Waals surface area contributed by atoms with Gasteiger partial charge in [-0.3, -0.25) is 4.90 Å². The molecule has 0 bridgehead atoms. The standard InChI is InChI=1S/C11H17FN4/c1-2-16(9-3-4-9)6-5-13-11-7-10(12)14-8-15-11/h7-9H,2-6H2,1H3,(H,13,14,15). The Morgan fingerprint density at radius 1 is 1.50 bits per heavy atom. The Labute approximate surface area is 94.9 Å². The number of anilines is 1. The molecule has 5 heteroatoms. The van der Waals surface area contributed by atoms with Crippen molar-refractivity contribution in [2.75, 3.05) is 25.0 Å². The van der Waals surface area contributed by atoms with Crippen LogP contribution in [-0.2, 0) is 0 Å². The summed E-state index contributed by atoms with van der Waals surface area (Å²) in [5.41, 5.74) is 0. The van der Waals surface area contributed by atoms with Gasteiger partial charge in [0.1, 0.15) is 12.1 Å². The fourth-order valence-corrected chi connectivity index (χ4v) is 1.80. The minimum absolute atomic E-state index is 0.493. The number of nitrogens with zero attached hydrogens (tertiary/aromatic N) is 3. The first-order chi connectivity index (χ1) is 7.79. The molecule has 1 N–H and O–H groups in total. The van der Waals surface area contributed by atoms with E-state index in [2.05, 4.69) is 27.1 Å². The van der Waals surface area contributed by atoms with Gasteiger partial charge in [-0.05, 0) is 19.4 Å². The average Bonchev–Trinajstić information content (AvgIpc) is 3.08. The second kappa shape index (κ2) is 5.21. The van der Waals surface area contributed by atoms with Crippen LogP contribution < -0.4 is 5.32 Å². The van der Waals surface area contributed by atoms with Crippen molar-refractivity contribution in [2.45, 2.75) is 25.8 Å². The molecule has 0 aromatic carbocycles. The average molecular weight is 224 g/mol. The fourth-order valence-electron chi connectivity index (χ4n) is 1.80. The van der Waals surface area contributed by atoms with Gasteiger partial charge >= 0.3 is 0 Å². The molecule has 0 aliphatic heterocycles. The molecule has 1 heterocycles. The third-order valence-corrected chi connectivity index (χ3v) is 2.81. The lowest BCUT2D eigenvalue weighted by atomic mass is 10.4. The Morgan fingerprint density at radius 3 is 2.94 bits per heavy atom.